The van der Waals surface area contributed by atoms with Crippen molar-refractivity contribution in [3.05, 3.63) is 0 Å². The predicted molar refractivity (Wildman–Crippen MR) is 70.0 cm³/mol. The molecule has 1 aliphatic rings. The summed E-state index contributed by atoms with van der Waals surface area (Å²) in [6, 6.07) is -0.374. The Morgan fingerprint density at radius 3 is 2.47 bits per heavy atom. The minimum Gasteiger partial charge on any atom is -0.479 e. The maximum Gasteiger partial charge on any atom is 0.337 e. The van der Waals surface area contributed by atoms with Gasteiger partial charge in [-0.1, -0.05) is 0 Å². The largest absolute Gasteiger partial charge is 0.479 e. The van der Waals surface area contributed by atoms with E-state index in [9.17, 15) is 14.7 Å². The molecule has 2 amide bonds. The van der Waals surface area contributed by atoms with E-state index in [4.69, 9.17) is 5.11 Å². The highest BCUT2D eigenvalue weighted by atomic mass is 16.4. The van der Waals surface area contributed by atoms with Gasteiger partial charge in [0.05, 0.1) is 6.54 Å². The molecule has 0 saturated carbocycles. The van der Waals surface area contributed by atoms with E-state index >= 15 is 0 Å². The van der Waals surface area contributed by atoms with Crippen LogP contribution in [-0.4, -0.2) is 77.4 Å². The van der Waals surface area contributed by atoms with Crippen LogP contribution in [0.3, 0.4) is 0 Å². The fraction of sp³-hybridized carbons (Fsp3) is 0.833. The van der Waals surface area contributed by atoms with Gasteiger partial charge in [0.25, 0.3) is 0 Å². The van der Waals surface area contributed by atoms with Crippen LogP contribution in [0.2, 0.25) is 0 Å². The smallest absolute Gasteiger partial charge is 0.337 e. The van der Waals surface area contributed by atoms with E-state index in [1.54, 1.807) is 7.05 Å². The summed E-state index contributed by atoms with van der Waals surface area (Å²) in [5, 5.41) is 20.6. The second kappa shape index (κ2) is 6.72. The van der Waals surface area contributed by atoms with Crippen molar-refractivity contribution in [2.75, 3.05) is 39.8 Å². The van der Waals surface area contributed by atoms with Crippen molar-refractivity contribution in [3.8, 4) is 0 Å². The Hall–Kier alpha value is -1.34. The SMILES string of the molecule is CN(CCN1CCCC1)C(=O)NCC(C)(O)C(=O)O. The number of amides is 2. The normalized spacial score (nSPS) is 18.9. The molecule has 0 aromatic rings. The van der Waals surface area contributed by atoms with E-state index in [1.807, 2.05) is 0 Å². The van der Waals surface area contributed by atoms with Crippen LogP contribution in [0.4, 0.5) is 4.79 Å². The van der Waals surface area contributed by atoms with Crippen molar-refractivity contribution in [1.29, 1.82) is 0 Å². The molecular weight excluding hydrogens is 250 g/mol. The lowest BCUT2D eigenvalue weighted by Crippen LogP contribution is -2.50. The highest BCUT2D eigenvalue weighted by Crippen LogP contribution is 2.06. The summed E-state index contributed by atoms with van der Waals surface area (Å²) in [7, 11) is 1.65. The number of carboxylic acid groups (broad SMARTS) is 1. The molecule has 0 bridgehead atoms. The van der Waals surface area contributed by atoms with Gasteiger partial charge in [-0.15, -0.1) is 0 Å². The zero-order valence-electron chi connectivity index (χ0n) is 11.6. The van der Waals surface area contributed by atoms with Crippen molar-refractivity contribution >= 4 is 12.0 Å². The summed E-state index contributed by atoms with van der Waals surface area (Å²) in [6.45, 7) is 4.39. The first-order valence-electron chi connectivity index (χ1n) is 6.50. The fourth-order valence-electron chi connectivity index (χ4n) is 1.86. The molecule has 0 spiro atoms. The van der Waals surface area contributed by atoms with Crippen LogP contribution in [0.25, 0.3) is 0 Å². The first kappa shape index (κ1) is 15.7. The van der Waals surface area contributed by atoms with Gasteiger partial charge in [-0.2, -0.15) is 0 Å². The van der Waals surface area contributed by atoms with E-state index in [2.05, 4.69) is 10.2 Å². The van der Waals surface area contributed by atoms with E-state index in [1.165, 1.54) is 17.7 Å². The van der Waals surface area contributed by atoms with Crippen LogP contribution in [0.1, 0.15) is 19.8 Å². The molecule has 1 rings (SSSR count). The van der Waals surface area contributed by atoms with E-state index in [0.29, 0.717) is 6.54 Å². The molecule has 7 heteroatoms. The quantitative estimate of drug-likeness (QED) is 0.610. The van der Waals surface area contributed by atoms with Crippen LogP contribution < -0.4 is 5.32 Å². The van der Waals surface area contributed by atoms with Crippen LogP contribution in [0.5, 0.6) is 0 Å². The molecule has 1 heterocycles. The fourth-order valence-corrected chi connectivity index (χ4v) is 1.86. The summed E-state index contributed by atoms with van der Waals surface area (Å²) in [5.74, 6) is -1.35. The third kappa shape index (κ3) is 5.04. The maximum atomic E-state index is 11.7. The Kier molecular flexibility index (Phi) is 5.56. The third-order valence-corrected chi connectivity index (χ3v) is 3.34. The van der Waals surface area contributed by atoms with Crippen molar-refractivity contribution in [2.24, 2.45) is 0 Å². The summed E-state index contributed by atoms with van der Waals surface area (Å²) in [4.78, 5) is 26.2. The molecule has 1 fully saturated rings. The summed E-state index contributed by atoms with van der Waals surface area (Å²) >= 11 is 0. The number of aliphatic hydroxyl groups is 1. The number of nitrogens with zero attached hydrogens (tertiary/aromatic N) is 2. The summed E-state index contributed by atoms with van der Waals surface area (Å²) < 4.78 is 0. The third-order valence-electron chi connectivity index (χ3n) is 3.34. The van der Waals surface area contributed by atoms with Gasteiger partial charge in [0.15, 0.2) is 5.60 Å². The molecule has 1 aliphatic heterocycles. The van der Waals surface area contributed by atoms with Crippen molar-refractivity contribution in [2.45, 2.75) is 25.4 Å². The van der Waals surface area contributed by atoms with Gasteiger partial charge in [0.1, 0.15) is 0 Å². The molecule has 7 nitrogen and oxygen atoms in total. The van der Waals surface area contributed by atoms with Crippen molar-refractivity contribution < 1.29 is 19.8 Å². The first-order chi connectivity index (χ1) is 8.83. The maximum absolute atomic E-state index is 11.7. The van der Waals surface area contributed by atoms with Gasteiger partial charge in [-0.25, -0.2) is 9.59 Å². The molecule has 0 aromatic carbocycles. The Morgan fingerprint density at radius 2 is 1.95 bits per heavy atom. The lowest BCUT2D eigenvalue weighted by molar-refractivity contribution is -0.155. The van der Waals surface area contributed by atoms with Crippen LogP contribution in [0, 0.1) is 0 Å². The second-order valence-corrected chi connectivity index (χ2v) is 5.21. The molecule has 0 aromatic heterocycles. The van der Waals surface area contributed by atoms with E-state index < -0.39 is 11.6 Å². The molecule has 110 valence electrons. The average Bonchev–Trinajstić information content (AvgIpc) is 2.85. The van der Waals surface area contributed by atoms with Crippen LogP contribution in [-0.2, 0) is 4.79 Å². The zero-order chi connectivity index (χ0) is 14.5. The highest BCUT2D eigenvalue weighted by molar-refractivity contribution is 5.79. The Bertz CT molecular complexity index is 327. The number of rotatable bonds is 6. The van der Waals surface area contributed by atoms with Crippen molar-refractivity contribution in [1.82, 2.24) is 15.1 Å². The number of hydrogen-bond donors (Lipinski definition) is 3. The monoisotopic (exact) mass is 273 g/mol. The molecular formula is C12H23N3O4. The van der Waals surface area contributed by atoms with Crippen molar-refractivity contribution in [3.63, 3.8) is 0 Å². The van der Waals surface area contributed by atoms with Gasteiger partial charge < -0.3 is 25.3 Å². The minimum atomic E-state index is -1.94. The minimum absolute atomic E-state index is 0.310. The molecule has 1 saturated heterocycles. The van der Waals surface area contributed by atoms with Crippen LogP contribution >= 0.6 is 0 Å². The van der Waals surface area contributed by atoms with E-state index in [-0.39, 0.29) is 12.6 Å². The number of carbonyl (C=O) groups excluding carboxylic acids is 1. The van der Waals surface area contributed by atoms with Gasteiger partial charge in [-0.3, -0.25) is 0 Å². The topological polar surface area (TPSA) is 93.1 Å². The predicted octanol–water partition coefficient (Wildman–Crippen LogP) is -0.441. The number of likely N-dealkylation sites (tertiary alicyclic amines) is 1. The Balaban J connectivity index is 2.26. The number of urea groups is 1. The molecule has 19 heavy (non-hydrogen) atoms. The Morgan fingerprint density at radius 1 is 1.37 bits per heavy atom. The summed E-state index contributed by atoms with van der Waals surface area (Å²) in [6.07, 6.45) is 2.41. The molecule has 0 aliphatic carbocycles. The van der Waals surface area contributed by atoms with E-state index in [0.717, 1.165) is 26.6 Å². The average molecular weight is 273 g/mol. The lowest BCUT2D eigenvalue weighted by Gasteiger charge is -2.24. The van der Waals surface area contributed by atoms with Gasteiger partial charge in [0.2, 0.25) is 0 Å². The number of carbonyl (C=O) groups is 2. The number of carboxylic acids is 1. The molecule has 3 N–H and O–H groups in total. The standard InChI is InChI=1S/C12H23N3O4/c1-12(19,10(16)17)9-13-11(18)14(2)7-8-15-5-3-4-6-15/h19H,3-9H2,1-2H3,(H,13,18)(H,16,17). The zero-order valence-corrected chi connectivity index (χ0v) is 11.6. The number of aliphatic carboxylic acids is 1. The van der Waals surface area contributed by atoms with Crippen LogP contribution in [0.15, 0.2) is 0 Å². The van der Waals surface area contributed by atoms with Gasteiger partial charge in [-0.05, 0) is 32.9 Å². The molecule has 1 unspecified atom stereocenters. The number of nitrogens with one attached hydrogen (secondary N) is 1. The number of likely N-dealkylation sites (N-methyl/N-ethyl adjacent to an activating group) is 1. The second-order valence-electron chi connectivity index (χ2n) is 5.21. The summed E-state index contributed by atoms with van der Waals surface area (Å²) in [5.41, 5.74) is -1.94. The number of hydrogen-bond acceptors (Lipinski definition) is 4. The highest BCUT2D eigenvalue weighted by Gasteiger charge is 2.30. The lowest BCUT2D eigenvalue weighted by atomic mass is 10.1. The van der Waals surface area contributed by atoms with Gasteiger partial charge >= 0.3 is 12.0 Å². The van der Waals surface area contributed by atoms with Gasteiger partial charge in [0, 0.05) is 20.1 Å². The Labute approximate surface area is 113 Å². The molecule has 0 radical (unpaired) electrons. The first-order valence-corrected chi connectivity index (χ1v) is 6.50. The molecule has 1 atom stereocenters.